The molecule has 1 atom stereocenters. The summed E-state index contributed by atoms with van der Waals surface area (Å²) < 4.78 is 38.9. The molecule has 0 saturated heterocycles. The second kappa shape index (κ2) is 4.56. The Morgan fingerprint density at radius 1 is 1.50 bits per heavy atom. The largest absolute Gasteiger partial charge is 0.412 e. The van der Waals surface area contributed by atoms with Crippen LogP contribution in [0, 0.1) is 0 Å². The van der Waals surface area contributed by atoms with Crippen molar-refractivity contribution in [3.8, 4) is 0 Å². The molecule has 0 bridgehead atoms. The molecule has 74 valence electrons. The summed E-state index contributed by atoms with van der Waals surface area (Å²) in [7, 11) is 0. The third-order valence-corrected chi connectivity index (χ3v) is 3.34. The molecule has 7 heteroatoms. The molecule has 0 aromatic carbocycles. The van der Waals surface area contributed by atoms with Gasteiger partial charge in [0.1, 0.15) is 6.61 Å². The Labute approximate surface area is 73.9 Å². The second-order valence-corrected chi connectivity index (χ2v) is 5.94. The van der Waals surface area contributed by atoms with Crippen molar-refractivity contribution in [2.45, 2.75) is 19.5 Å². The molecule has 0 fully saturated rings. The fourth-order valence-corrected chi connectivity index (χ4v) is 2.27. The SMILES string of the molecule is CCCP(O)(=S)OCC(F)(F)F. The molecule has 1 unspecified atom stereocenters. The Kier molecular flexibility index (Phi) is 4.69. The molecule has 0 spiro atoms. The van der Waals surface area contributed by atoms with Gasteiger partial charge in [0.2, 0.25) is 0 Å². The summed E-state index contributed by atoms with van der Waals surface area (Å²) in [6, 6.07) is 0. The molecule has 0 rings (SSSR count). The van der Waals surface area contributed by atoms with Crippen LogP contribution in [-0.2, 0) is 16.3 Å². The summed E-state index contributed by atoms with van der Waals surface area (Å²) in [6.45, 7) is -2.92. The fraction of sp³-hybridized carbons (Fsp3) is 1.00. The van der Waals surface area contributed by atoms with Gasteiger partial charge >= 0.3 is 6.18 Å². The Balaban J connectivity index is 3.84. The van der Waals surface area contributed by atoms with E-state index in [0.29, 0.717) is 6.42 Å². The van der Waals surface area contributed by atoms with Crippen molar-refractivity contribution in [1.29, 1.82) is 0 Å². The standard InChI is InChI=1S/C5H10F3O2PS/c1-2-3-11(9,12)10-4-5(6,7)8/h2-4H2,1H3,(H,9,12). The maximum Gasteiger partial charge on any atom is 0.412 e. The third-order valence-electron chi connectivity index (χ3n) is 0.936. The molecule has 0 aliphatic carbocycles. The Morgan fingerprint density at radius 3 is 2.33 bits per heavy atom. The van der Waals surface area contributed by atoms with Gasteiger partial charge < -0.3 is 9.42 Å². The van der Waals surface area contributed by atoms with Crippen LogP contribution in [-0.4, -0.2) is 23.8 Å². The van der Waals surface area contributed by atoms with E-state index >= 15 is 0 Å². The molecule has 0 amide bonds. The van der Waals surface area contributed by atoms with E-state index in [1.54, 1.807) is 6.92 Å². The number of halogens is 3. The van der Waals surface area contributed by atoms with Crippen molar-refractivity contribution in [2.24, 2.45) is 0 Å². The monoisotopic (exact) mass is 222 g/mol. The van der Waals surface area contributed by atoms with Crippen molar-refractivity contribution >= 4 is 18.3 Å². The van der Waals surface area contributed by atoms with Crippen molar-refractivity contribution in [3.05, 3.63) is 0 Å². The molecular formula is C5H10F3O2PS. The van der Waals surface area contributed by atoms with E-state index in [0.717, 1.165) is 0 Å². The Bertz CT molecular complexity index is 182. The van der Waals surface area contributed by atoms with Gasteiger partial charge in [-0.05, 0) is 18.2 Å². The molecule has 0 aromatic heterocycles. The van der Waals surface area contributed by atoms with Gasteiger partial charge in [-0.15, -0.1) is 0 Å². The van der Waals surface area contributed by atoms with Crippen LogP contribution in [0.25, 0.3) is 0 Å². The van der Waals surface area contributed by atoms with Crippen molar-refractivity contribution in [1.82, 2.24) is 0 Å². The lowest BCUT2D eigenvalue weighted by molar-refractivity contribution is -0.153. The molecule has 12 heavy (non-hydrogen) atoms. The van der Waals surface area contributed by atoms with E-state index in [-0.39, 0.29) is 6.16 Å². The number of hydrogen-bond acceptors (Lipinski definition) is 2. The van der Waals surface area contributed by atoms with Crippen LogP contribution < -0.4 is 0 Å². The highest BCUT2D eigenvalue weighted by molar-refractivity contribution is 8.09. The molecule has 1 N–H and O–H groups in total. The first-order valence-corrected chi connectivity index (χ1v) is 6.16. The van der Waals surface area contributed by atoms with Gasteiger partial charge in [-0.3, -0.25) is 0 Å². The van der Waals surface area contributed by atoms with E-state index in [2.05, 4.69) is 16.3 Å². The van der Waals surface area contributed by atoms with Crippen molar-refractivity contribution in [2.75, 3.05) is 12.8 Å². The highest BCUT2D eigenvalue weighted by atomic mass is 32.5. The van der Waals surface area contributed by atoms with Crippen LogP contribution in [0.15, 0.2) is 0 Å². The predicted octanol–water partition coefficient (Wildman–Crippen LogP) is 2.28. The van der Waals surface area contributed by atoms with Crippen LogP contribution in [0.4, 0.5) is 13.2 Å². The minimum atomic E-state index is -4.42. The maximum absolute atomic E-state index is 11.6. The first-order chi connectivity index (χ1) is 5.27. The zero-order valence-electron chi connectivity index (χ0n) is 6.47. The maximum atomic E-state index is 11.6. The lowest BCUT2D eigenvalue weighted by Gasteiger charge is -2.15. The molecular weight excluding hydrogens is 212 g/mol. The topological polar surface area (TPSA) is 29.5 Å². The molecule has 0 heterocycles. The molecule has 0 radical (unpaired) electrons. The van der Waals surface area contributed by atoms with Gasteiger partial charge in [0, 0.05) is 6.16 Å². The van der Waals surface area contributed by atoms with E-state index in [4.69, 9.17) is 4.89 Å². The van der Waals surface area contributed by atoms with Crippen LogP contribution in [0.2, 0.25) is 0 Å². The number of rotatable bonds is 4. The number of alkyl halides is 3. The molecule has 2 nitrogen and oxygen atoms in total. The molecule has 0 aliphatic heterocycles. The van der Waals surface area contributed by atoms with Gasteiger partial charge in [-0.2, -0.15) is 13.2 Å². The lowest BCUT2D eigenvalue weighted by Crippen LogP contribution is -2.16. The predicted molar refractivity (Wildman–Crippen MR) is 43.7 cm³/mol. The minimum Gasteiger partial charge on any atom is -0.345 e. The highest BCUT2D eigenvalue weighted by Crippen LogP contribution is 2.44. The number of hydrogen-bond donors (Lipinski definition) is 1. The summed E-state index contributed by atoms with van der Waals surface area (Å²) in [5.41, 5.74) is 0. The average Bonchev–Trinajstić information content (AvgIpc) is 1.83. The fourth-order valence-electron chi connectivity index (χ4n) is 0.521. The second-order valence-electron chi connectivity index (χ2n) is 2.25. The van der Waals surface area contributed by atoms with Gasteiger partial charge in [0.25, 0.3) is 0 Å². The summed E-state index contributed by atoms with van der Waals surface area (Å²) in [5, 5.41) is 0. The summed E-state index contributed by atoms with van der Waals surface area (Å²) >= 11 is 4.46. The van der Waals surface area contributed by atoms with Gasteiger partial charge in [0.15, 0.2) is 6.49 Å². The normalized spacial score (nSPS) is 17.4. The van der Waals surface area contributed by atoms with Crippen LogP contribution in [0.1, 0.15) is 13.3 Å². The summed E-state index contributed by atoms with van der Waals surface area (Å²) in [4.78, 5) is 9.08. The van der Waals surface area contributed by atoms with Crippen LogP contribution in [0.3, 0.4) is 0 Å². The quantitative estimate of drug-likeness (QED) is 0.740. The smallest absolute Gasteiger partial charge is 0.345 e. The van der Waals surface area contributed by atoms with Gasteiger partial charge in [-0.25, -0.2) is 0 Å². The molecule has 0 saturated carbocycles. The summed E-state index contributed by atoms with van der Waals surface area (Å²) in [6.07, 6.45) is -3.77. The van der Waals surface area contributed by atoms with E-state index in [1.165, 1.54) is 0 Å². The third kappa shape index (κ3) is 7.03. The first kappa shape index (κ1) is 12.4. The van der Waals surface area contributed by atoms with Crippen LogP contribution >= 0.6 is 6.49 Å². The van der Waals surface area contributed by atoms with Crippen molar-refractivity contribution in [3.63, 3.8) is 0 Å². The zero-order valence-corrected chi connectivity index (χ0v) is 8.18. The first-order valence-electron chi connectivity index (χ1n) is 3.30. The Hall–Kier alpha value is 0.360. The minimum absolute atomic E-state index is 0.123. The molecule has 0 aliphatic rings. The Morgan fingerprint density at radius 2 is 2.00 bits per heavy atom. The molecule has 0 aromatic rings. The van der Waals surface area contributed by atoms with E-state index < -0.39 is 19.3 Å². The highest BCUT2D eigenvalue weighted by Gasteiger charge is 2.30. The summed E-state index contributed by atoms with van der Waals surface area (Å²) in [5.74, 6) is 0. The van der Waals surface area contributed by atoms with Crippen LogP contribution in [0.5, 0.6) is 0 Å². The van der Waals surface area contributed by atoms with Gasteiger partial charge in [0.05, 0.1) is 0 Å². The van der Waals surface area contributed by atoms with Gasteiger partial charge in [-0.1, -0.05) is 6.92 Å². The van der Waals surface area contributed by atoms with E-state index in [1.807, 2.05) is 0 Å². The van der Waals surface area contributed by atoms with E-state index in [9.17, 15) is 13.2 Å². The zero-order chi connectivity index (χ0) is 9.83. The average molecular weight is 222 g/mol. The lowest BCUT2D eigenvalue weighted by atomic mass is 10.6. The van der Waals surface area contributed by atoms with Crippen molar-refractivity contribution < 1.29 is 22.6 Å².